The molecule has 0 heterocycles. The number of amides is 1. The summed E-state index contributed by atoms with van der Waals surface area (Å²) >= 11 is 0. The van der Waals surface area contributed by atoms with E-state index < -0.39 is 11.9 Å². The number of nitrogens with one attached hydrogen (secondary N) is 1. The molecule has 0 aliphatic rings. The summed E-state index contributed by atoms with van der Waals surface area (Å²) in [4.78, 5) is 31.1. The first-order chi connectivity index (χ1) is 6.57. The molecule has 0 saturated heterocycles. The summed E-state index contributed by atoms with van der Waals surface area (Å²) in [6.45, 7) is 5.46. The molecule has 5 heteroatoms. The lowest BCUT2D eigenvalue weighted by atomic mass is 10.3. The molecule has 14 heavy (non-hydrogen) atoms. The van der Waals surface area contributed by atoms with Gasteiger partial charge in [0.2, 0.25) is 6.29 Å². The third kappa shape index (κ3) is 5.93. The number of carbonyl (C=O) groups is 3. The number of rotatable bonds is 6. The molecule has 0 aromatic carbocycles. The zero-order chi connectivity index (χ0) is 11.0. The van der Waals surface area contributed by atoms with E-state index in [0.717, 1.165) is 0 Å². The molecule has 0 aliphatic heterocycles. The number of hydrogen-bond acceptors (Lipinski definition) is 4. The Hall–Kier alpha value is -1.65. The minimum absolute atomic E-state index is 0.194. The largest absolute Gasteiger partial charge is 0.462 e. The SMILES string of the molecule is C=C(C)C(=O)OCCCNC(=O)C=O. The van der Waals surface area contributed by atoms with Crippen molar-refractivity contribution in [2.24, 2.45) is 0 Å². The van der Waals surface area contributed by atoms with Crippen molar-refractivity contribution >= 4 is 18.2 Å². The summed E-state index contributed by atoms with van der Waals surface area (Å²) in [5, 5.41) is 2.31. The lowest BCUT2D eigenvalue weighted by Gasteiger charge is -2.03. The van der Waals surface area contributed by atoms with Gasteiger partial charge in [-0.05, 0) is 13.3 Å². The minimum atomic E-state index is -0.670. The van der Waals surface area contributed by atoms with Gasteiger partial charge in [0.05, 0.1) is 6.61 Å². The van der Waals surface area contributed by atoms with Crippen molar-refractivity contribution in [1.29, 1.82) is 0 Å². The highest BCUT2D eigenvalue weighted by molar-refractivity contribution is 6.23. The first-order valence-electron chi connectivity index (χ1n) is 4.13. The molecular formula is C9H13NO4. The Kier molecular flexibility index (Phi) is 6.02. The maximum Gasteiger partial charge on any atom is 0.333 e. The molecule has 0 aromatic rings. The molecule has 0 rings (SSSR count). The molecule has 1 amide bonds. The van der Waals surface area contributed by atoms with E-state index in [-0.39, 0.29) is 12.9 Å². The minimum Gasteiger partial charge on any atom is -0.462 e. The maximum absolute atomic E-state index is 10.8. The first kappa shape index (κ1) is 12.3. The number of hydrogen-bond donors (Lipinski definition) is 1. The number of aldehydes is 1. The molecule has 0 fully saturated rings. The Balaban J connectivity index is 3.38. The van der Waals surface area contributed by atoms with Gasteiger partial charge in [-0.15, -0.1) is 0 Å². The van der Waals surface area contributed by atoms with Gasteiger partial charge in [0, 0.05) is 12.1 Å². The van der Waals surface area contributed by atoms with Gasteiger partial charge in [0.15, 0.2) is 0 Å². The van der Waals surface area contributed by atoms with Crippen LogP contribution in [-0.4, -0.2) is 31.3 Å². The lowest BCUT2D eigenvalue weighted by molar-refractivity contribution is -0.139. The summed E-state index contributed by atoms with van der Waals surface area (Å²) < 4.78 is 4.74. The number of carbonyl (C=O) groups excluding carboxylic acids is 3. The standard InChI is InChI=1S/C9H13NO4/c1-7(2)9(13)14-5-3-4-10-8(12)6-11/h6H,1,3-5H2,2H3,(H,10,12). The fraction of sp³-hybridized carbons (Fsp3) is 0.444. The monoisotopic (exact) mass is 199 g/mol. The Labute approximate surface area is 82.1 Å². The van der Waals surface area contributed by atoms with Crippen LogP contribution < -0.4 is 5.32 Å². The summed E-state index contributed by atoms with van der Waals surface area (Å²) in [5.41, 5.74) is 0.335. The van der Waals surface area contributed by atoms with Gasteiger partial charge in [0.25, 0.3) is 5.91 Å². The van der Waals surface area contributed by atoms with Crippen LogP contribution in [0.25, 0.3) is 0 Å². The van der Waals surface area contributed by atoms with Crippen LogP contribution in [0.3, 0.4) is 0 Å². The van der Waals surface area contributed by atoms with Crippen molar-refractivity contribution in [1.82, 2.24) is 5.32 Å². The van der Waals surface area contributed by atoms with Gasteiger partial charge >= 0.3 is 5.97 Å². The molecule has 0 atom stereocenters. The van der Waals surface area contributed by atoms with Gasteiger partial charge in [-0.3, -0.25) is 9.59 Å². The van der Waals surface area contributed by atoms with E-state index in [0.29, 0.717) is 18.5 Å². The zero-order valence-electron chi connectivity index (χ0n) is 8.04. The second-order valence-corrected chi connectivity index (χ2v) is 2.68. The van der Waals surface area contributed by atoms with Crippen LogP contribution in [0, 0.1) is 0 Å². The predicted octanol–water partition coefficient (Wildman–Crippen LogP) is -0.189. The summed E-state index contributed by atoms with van der Waals surface area (Å²) in [5.74, 6) is -1.12. The third-order valence-electron chi connectivity index (χ3n) is 1.31. The molecular weight excluding hydrogens is 186 g/mol. The Morgan fingerprint density at radius 2 is 2.14 bits per heavy atom. The molecule has 0 aromatic heterocycles. The molecule has 0 radical (unpaired) electrons. The van der Waals surface area contributed by atoms with E-state index in [9.17, 15) is 14.4 Å². The van der Waals surface area contributed by atoms with Crippen LogP contribution in [0.5, 0.6) is 0 Å². The van der Waals surface area contributed by atoms with Gasteiger partial charge in [0.1, 0.15) is 0 Å². The molecule has 1 N–H and O–H groups in total. The summed E-state index contributed by atoms with van der Waals surface area (Å²) in [6, 6.07) is 0. The van der Waals surface area contributed by atoms with E-state index in [2.05, 4.69) is 11.9 Å². The topological polar surface area (TPSA) is 72.5 Å². The number of esters is 1. The van der Waals surface area contributed by atoms with Crippen LogP contribution in [0.2, 0.25) is 0 Å². The van der Waals surface area contributed by atoms with E-state index >= 15 is 0 Å². The van der Waals surface area contributed by atoms with Gasteiger partial charge in [-0.25, -0.2) is 4.79 Å². The molecule has 78 valence electrons. The fourth-order valence-corrected chi connectivity index (χ4v) is 0.613. The highest BCUT2D eigenvalue weighted by Gasteiger charge is 2.02. The molecule has 0 saturated carbocycles. The Bertz CT molecular complexity index is 247. The highest BCUT2D eigenvalue weighted by Crippen LogP contribution is 1.92. The van der Waals surface area contributed by atoms with Crippen molar-refractivity contribution in [2.45, 2.75) is 13.3 Å². The van der Waals surface area contributed by atoms with Crippen LogP contribution >= 0.6 is 0 Å². The lowest BCUT2D eigenvalue weighted by Crippen LogP contribution is -2.26. The van der Waals surface area contributed by atoms with E-state index in [4.69, 9.17) is 4.74 Å². The predicted molar refractivity (Wildman–Crippen MR) is 49.5 cm³/mol. The van der Waals surface area contributed by atoms with Crippen LogP contribution in [0.1, 0.15) is 13.3 Å². The van der Waals surface area contributed by atoms with Crippen molar-refractivity contribution in [2.75, 3.05) is 13.2 Å². The second kappa shape index (κ2) is 6.82. The van der Waals surface area contributed by atoms with E-state index in [1.807, 2.05) is 0 Å². The Morgan fingerprint density at radius 3 is 2.64 bits per heavy atom. The quantitative estimate of drug-likeness (QED) is 0.211. The average molecular weight is 199 g/mol. The van der Waals surface area contributed by atoms with Gasteiger partial charge in [-0.2, -0.15) is 0 Å². The van der Waals surface area contributed by atoms with Crippen molar-refractivity contribution in [3.63, 3.8) is 0 Å². The molecule has 0 aliphatic carbocycles. The summed E-state index contributed by atoms with van der Waals surface area (Å²) in [6.07, 6.45) is 0.665. The Morgan fingerprint density at radius 1 is 1.50 bits per heavy atom. The van der Waals surface area contributed by atoms with Crippen LogP contribution in [0.15, 0.2) is 12.2 Å². The van der Waals surface area contributed by atoms with Crippen molar-refractivity contribution in [3.8, 4) is 0 Å². The van der Waals surface area contributed by atoms with Crippen LogP contribution in [0.4, 0.5) is 0 Å². The smallest absolute Gasteiger partial charge is 0.333 e. The zero-order valence-corrected chi connectivity index (χ0v) is 8.04. The van der Waals surface area contributed by atoms with Crippen LogP contribution in [-0.2, 0) is 19.1 Å². The second-order valence-electron chi connectivity index (χ2n) is 2.68. The summed E-state index contributed by atoms with van der Waals surface area (Å²) in [7, 11) is 0. The van der Waals surface area contributed by atoms with Gasteiger partial charge < -0.3 is 10.1 Å². The van der Waals surface area contributed by atoms with Crippen molar-refractivity contribution in [3.05, 3.63) is 12.2 Å². The molecule has 0 spiro atoms. The maximum atomic E-state index is 10.8. The highest BCUT2D eigenvalue weighted by atomic mass is 16.5. The van der Waals surface area contributed by atoms with E-state index in [1.165, 1.54) is 0 Å². The van der Waals surface area contributed by atoms with E-state index in [1.54, 1.807) is 6.92 Å². The molecule has 5 nitrogen and oxygen atoms in total. The third-order valence-corrected chi connectivity index (χ3v) is 1.31. The molecule has 0 bridgehead atoms. The first-order valence-corrected chi connectivity index (χ1v) is 4.13. The number of ether oxygens (including phenoxy) is 1. The fourth-order valence-electron chi connectivity index (χ4n) is 0.613. The molecule has 0 unspecified atom stereocenters. The average Bonchev–Trinajstić information content (AvgIpc) is 2.16. The van der Waals surface area contributed by atoms with Gasteiger partial charge in [-0.1, -0.05) is 6.58 Å². The normalized spacial score (nSPS) is 8.93. The van der Waals surface area contributed by atoms with Crippen molar-refractivity contribution < 1.29 is 19.1 Å².